The topological polar surface area (TPSA) is 12.0 Å². The summed E-state index contributed by atoms with van der Waals surface area (Å²) in [7, 11) is 0. The minimum absolute atomic E-state index is 0.113. The maximum atomic E-state index is 13.2. The molecule has 18 heavy (non-hydrogen) atoms. The molecule has 0 aliphatic heterocycles. The van der Waals surface area contributed by atoms with Gasteiger partial charge in [-0.25, -0.2) is 4.39 Å². The van der Waals surface area contributed by atoms with Gasteiger partial charge in [-0.3, -0.25) is 0 Å². The normalized spacial score (nSPS) is 20.0. The summed E-state index contributed by atoms with van der Waals surface area (Å²) >= 11 is 0. The summed E-state index contributed by atoms with van der Waals surface area (Å²) in [6.45, 7) is 7.38. The average molecular weight is 249 g/mol. The molecule has 1 saturated carbocycles. The average Bonchev–Trinajstić information content (AvgIpc) is 2.32. The van der Waals surface area contributed by atoms with Gasteiger partial charge in [0, 0.05) is 12.6 Å². The highest BCUT2D eigenvalue weighted by molar-refractivity contribution is 5.23. The van der Waals surface area contributed by atoms with Crippen LogP contribution in [0.1, 0.15) is 50.7 Å². The number of rotatable bonds is 3. The fourth-order valence-electron chi connectivity index (χ4n) is 2.68. The zero-order valence-electron chi connectivity index (χ0n) is 11.7. The molecule has 100 valence electrons. The molecule has 0 spiro atoms. The van der Waals surface area contributed by atoms with Crippen molar-refractivity contribution in [2.75, 3.05) is 0 Å². The van der Waals surface area contributed by atoms with Crippen molar-refractivity contribution in [3.63, 3.8) is 0 Å². The molecule has 0 saturated heterocycles. The van der Waals surface area contributed by atoms with Crippen molar-refractivity contribution >= 4 is 0 Å². The maximum Gasteiger partial charge on any atom is 0.126 e. The van der Waals surface area contributed by atoms with Crippen LogP contribution in [0.2, 0.25) is 0 Å². The molecule has 2 heteroatoms. The van der Waals surface area contributed by atoms with Gasteiger partial charge in [0.25, 0.3) is 0 Å². The highest BCUT2D eigenvalue weighted by Gasteiger charge is 2.26. The molecule has 0 amide bonds. The van der Waals surface area contributed by atoms with Crippen molar-refractivity contribution in [3.05, 3.63) is 35.1 Å². The van der Waals surface area contributed by atoms with Crippen LogP contribution >= 0.6 is 0 Å². The van der Waals surface area contributed by atoms with Crippen molar-refractivity contribution in [2.45, 2.75) is 59.0 Å². The summed E-state index contributed by atoms with van der Waals surface area (Å²) in [6.07, 6.45) is 5.11. The number of nitrogens with one attached hydrogen (secondary N) is 1. The largest absolute Gasteiger partial charge is 0.310 e. The number of benzene rings is 1. The second-order valence-corrected chi connectivity index (χ2v) is 6.40. The summed E-state index contributed by atoms with van der Waals surface area (Å²) in [5.74, 6) is -0.113. The summed E-state index contributed by atoms with van der Waals surface area (Å²) in [5, 5.41) is 3.60. The highest BCUT2D eigenvalue weighted by atomic mass is 19.1. The lowest BCUT2D eigenvalue weighted by atomic mass is 9.75. The number of aryl methyl sites for hydroxylation is 1. The third kappa shape index (κ3) is 3.55. The van der Waals surface area contributed by atoms with Crippen molar-refractivity contribution < 1.29 is 4.39 Å². The summed E-state index contributed by atoms with van der Waals surface area (Å²) in [6, 6.07) is 6.01. The molecule has 1 aromatic carbocycles. The van der Waals surface area contributed by atoms with E-state index < -0.39 is 0 Å². The van der Waals surface area contributed by atoms with Gasteiger partial charge in [-0.15, -0.1) is 0 Å². The van der Waals surface area contributed by atoms with Crippen LogP contribution in [0.4, 0.5) is 4.39 Å². The fourth-order valence-corrected chi connectivity index (χ4v) is 2.68. The third-order valence-electron chi connectivity index (χ3n) is 4.16. The van der Waals surface area contributed by atoms with Crippen LogP contribution in [0.3, 0.4) is 0 Å². The fraction of sp³-hybridized carbons (Fsp3) is 0.625. The number of hydrogen-bond donors (Lipinski definition) is 1. The van der Waals surface area contributed by atoms with E-state index in [9.17, 15) is 4.39 Å². The number of halogens is 1. The molecule has 1 aromatic rings. The van der Waals surface area contributed by atoms with Crippen LogP contribution in [0.25, 0.3) is 0 Å². The third-order valence-corrected chi connectivity index (χ3v) is 4.16. The molecule has 0 bridgehead atoms. The first kappa shape index (κ1) is 13.5. The second kappa shape index (κ2) is 5.40. The van der Waals surface area contributed by atoms with Gasteiger partial charge in [0.1, 0.15) is 5.82 Å². The lowest BCUT2D eigenvalue weighted by Crippen LogP contribution is -2.35. The number of hydrogen-bond acceptors (Lipinski definition) is 1. The Kier molecular flexibility index (Phi) is 4.06. The minimum Gasteiger partial charge on any atom is -0.310 e. The quantitative estimate of drug-likeness (QED) is 0.847. The van der Waals surface area contributed by atoms with Crippen LogP contribution in [0.15, 0.2) is 18.2 Å². The Bertz CT molecular complexity index is 402. The Morgan fingerprint density at radius 1 is 1.28 bits per heavy atom. The second-order valence-electron chi connectivity index (χ2n) is 6.40. The van der Waals surface area contributed by atoms with Gasteiger partial charge in [0.05, 0.1) is 0 Å². The van der Waals surface area contributed by atoms with Crippen LogP contribution < -0.4 is 5.32 Å². The maximum absolute atomic E-state index is 13.2. The molecular weight excluding hydrogens is 225 g/mol. The van der Waals surface area contributed by atoms with Crippen molar-refractivity contribution in [1.29, 1.82) is 0 Å². The monoisotopic (exact) mass is 249 g/mol. The first-order chi connectivity index (χ1) is 8.46. The summed E-state index contributed by atoms with van der Waals surface area (Å²) < 4.78 is 13.2. The Hall–Kier alpha value is -0.890. The minimum atomic E-state index is -0.113. The zero-order valence-corrected chi connectivity index (χ0v) is 11.7. The molecule has 0 aromatic heterocycles. The van der Waals surface area contributed by atoms with Gasteiger partial charge in [-0.2, -0.15) is 0 Å². The first-order valence-electron chi connectivity index (χ1n) is 6.95. The predicted octanol–water partition coefficient (Wildman–Crippen LogP) is 4.19. The van der Waals surface area contributed by atoms with Crippen molar-refractivity contribution in [3.8, 4) is 0 Å². The molecular formula is C16H24FN. The molecule has 1 aliphatic carbocycles. The smallest absolute Gasteiger partial charge is 0.126 e. The lowest BCUT2D eigenvalue weighted by Gasteiger charge is -2.34. The van der Waals surface area contributed by atoms with E-state index in [1.54, 1.807) is 6.07 Å². The molecule has 0 radical (unpaired) electrons. The molecule has 1 fully saturated rings. The SMILES string of the molecule is Cc1cc(CNC2CCC(C)(C)CC2)ccc1F. The van der Waals surface area contributed by atoms with E-state index in [4.69, 9.17) is 0 Å². The van der Waals surface area contributed by atoms with Crippen LogP contribution in [0.5, 0.6) is 0 Å². The summed E-state index contributed by atoms with van der Waals surface area (Å²) in [5.41, 5.74) is 2.43. The zero-order chi connectivity index (χ0) is 13.2. The van der Waals surface area contributed by atoms with E-state index in [1.807, 2.05) is 19.1 Å². The summed E-state index contributed by atoms with van der Waals surface area (Å²) in [4.78, 5) is 0. The Labute approximate surface area is 110 Å². The molecule has 0 atom stereocenters. The van der Waals surface area contributed by atoms with Gasteiger partial charge < -0.3 is 5.32 Å². The van der Waals surface area contributed by atoms with E-state index in [0.717, 1.165) is 12.1 Å². The van der Waals surface area contributed by atoms with Crippen LogP contribution in [-0.2, 0) is 6.54 Å². The van der Waals surface area contributed by atoms with E-state index in [1.165, 1.54) is 31.2 Å². The van der Waals surface area contributed by atoms with E-state index in [-0.39, 0.29) is 5.82 Å². The van der Waals surface area contributed by atoms with Gasteiger partial charge in [-0.1, -0.05) is 26.0 Å². The predicted molar refractivity (Wildman–Crippen MR) is 74.0 cm³/mol. The van der Waals surface area contributed by atoms with Gasteiger partial charge >= 0.3 is 0 Å². The van der Waals surface area contributed by atoms with Crippen molar-refractivity contribution in [1.82, 2.24) is 5.32 Å². The van der Waals surface area contributed by atoms with Gasteiger partial charge in [-0.05, 0) is 55.2 Å². The molecule has 1 nitrogen and oxygen atoms in total. The first-order valence-corrected chi connectivity index (χ1v) is 6.95. The van der Waals surface area contributed by atoms with Crippen molar-refractivity contribution in [2.24, 2.45) is 5.41 Å². The highest BCUT2D eigenvalue weighted by Crippen LogP contribution is 2.35. The molecule has 1 aliphatic rings. The van der Waals surface area contributed by atoms with Crippen LogP contribution in [-0.4, -0.2) is 6.04 Å². The van der Waals surface area contributed by atoms with E-state index in [0.29, 0.717) is 11.5 Å². The molecule has 0 heterocycles. The van der Waals surface area contributed by atoms with Gasteiger partial charge in [0.2, 0.25) is 0 Å². The lowest BCUT2D eigenvalue weighted by molar-refractivity contribution is 0.206. The Balaban J connectivity index is 1.83. The Morgan fingerprint density at radius 2 is 1.94 bits per heavy atom. The van der Waals surface area contributed by atoms with E-state index in [2.05, 4.69) is 19.2 Å². The molecule has 2 rings (SSSR count). The van der Waals surface area contributed by atoms with E-state index >= 15 is 0 Å². The van der Waals surface area contributed by atoms with Gasteiger partial charge in [0.15, 0.2) is 0 Å². The Morgan fingerprint density at radius 3 is 2.56 bits per heavy atom. The standard InChI is InChI=1S/C16H24FN/c1-12-10-13(4-5-15(12)17)11-18-14-6-8-16(2,3)9-7-14/h4-5,10,14,18H,6-9,11H2,1-3H3. The van der Waals surface area contributed by atoms with Crippen LogP contribution in [0, 0.1) is 18.2 Å². The molecule has 0 unspecified atom stereocenters. The molecule has 1 N–H and O–H groups in total.